The molecule has 128 valence electrons. The fraction of sp³-hybridized carbons (Fsp3) is 0.278. The van der Waals surface area contributed by atoms with Crippen molar-refractivity contribution in [1.82, 2.24) is 24.6 Å². The van der Waals surface area contributed by atoms with Crippen LogP contribution in [0.2, 0.25) is 0 Å². The number of aryl methyl sites for hydroxylation is 1. The molecular weight excluding hydrogens is 318 g/mol. The number of hydrogen-bond donors (Lipinski definition) is 0. The maximum absolute atomic E-state index is 12.6. The molecule has 0 saturated heterocycles. The molecule has 1 aromatic carbocycles. The van der Waals surface area contributed by atoms with Gasteiger partial charge in [-0.1, -0.05) is 18.2 Å². The second kappa shape index (κ2) is 6.80. The molecule has 0 aliphatic heterocycles. The van der Waals surface area contributed by atoms with Gasteiger partial charge in [-0.25, -0.2) is 14.6 Å². The predicted molar refractivity (Wildman–Crippen MR) is 94.0 cm³/mol. The lowest BCUT2D eigenvalue weighted by Crippen LogP contribution is -2.37. The van der Waals surface area contributed by atoms with Crippen molar-refractivity contribution >= 4 is 16.7 Å². The monoisotopic (exact) mass is 337 g/mol. The van der Waals surface area contributed by atoms with Crippen LogP contribution in [0.15, 0.2) is 47.7 Å². The Hall–Kier alpha value is -3.09. The molecule has 0 saturated carbocycles. The maximum atomic E-state index is 12.6. The number of nitrogens with zero attached hydrogens (tertiary/aromatic N) is 5. The van der Waals surface area contributed by atoms with E-state index in [-0.39, 0.29) is 24.1 Å². The summed E-state index contributed by atoms with van der Waals surface area (Å²) >= 11 is 0. The van der Waals surface area contributed by atoms with Crippen LogP contribution in [-0.2, 0) is 11.3 Å². The van der Waals surface area contributed by atoms with E-state index < -0.39 is 0 Å². The van der Waals surface area contributed by atoms with Gasteiger partial charge in [-0.2, -0.15) is 5.10 Å². The standard InChI is InChI=1S/C18H19N5O2/c1-12-14-6-4-5-7-15(14)18(25)23(21-12)10-17(24)22(3)13(2)16-8-9-19-11-20-16/h4-9,11,13H,10H2,1-3H3/t13-/m1/s1. The molecule has 2 heterocycles. The van der Waals surface area contributed by atoms with E-state index in [1.807, 2.05) is 26.0 Å². The lowest BCUT2D eigenvalue weighted by Gasteiger charge is -2.24. The summed E-state index contributed by atoms with van der Waals surface area (Å²) in [7, 11) is 1.69. The van der Waals surface area contributed by atoms with Gasteiger partial charge in [-0.05, 0) is 26.0 Å². The Kier molecular flexibility index (Phi) is 4.56. The van der Waals surface area contributed by atoms with E-state index in [1.165, 1.54) is 11.0 Å². The fourth-order valence-electron chi connectivity index (χ4n) is 2.71. The largest absolute Gasteiger partial charge is 0.336 e. The third-order valence-electron chi connectivity index (χ3n) is 4.34. The van der Waals surface area contributed by atoms with E-state index in [1.54, 1.807) is 36.3 Å². The molecule has 0 aliphatic carbocycles. The number of rotatable bonds is 4. The van der Waals surface area contributed by atoms with E-state index >= 15 is 0 Å². The highest BCUT2D eigenvalue weighted by atomic mass is 16.2. The fourth-order valence-corrected chi connectivity index (χ4v) is 2.71. The molecule has 0 bridgehead atoms. The quantitative estimate of drug-likeness (QED) is 0.724. The van der Waals surface area contributed by atoms with E-state index in [4.69, 9.17) is 0 Å². The first kappa shape index (κ1) is 16.8. The lowest BCUT2D eigenvalue weighted by molar-refractivity contribution is -0.132. The van der Waals surface area contributed by atoms with Crippen LogP contribution < -0.4 is 5.56 Å². The Morgan fingerprint density at radius 3 is 2.64 bits per heavy atom. The number of fused-ring (bicyclic) bond motifs is 1. The number of benzene rings is 1. The van der Waals surface area contributed by atoms with Gasteiger partial charge in [0.05, 0.1) is 22.8 Å². The van der Waals surface area contributed by atoms with Gasteiger partial charge in [-0.3, -0.25) is 9.59 Å². The zero-order valence-corrected chi connectivity index (χ0v) is 14.4. The molecule has 1 atom stereocenters. The van der Waals surface area contributed by atoms with Gasteiger partial charge < -0.3 is 4.90 Å². The maximum Gasteiger partial charge on any atom is 0.275 e. The molecule has 25 heavy (non-hydrogen) atoms. The summed E-state index contributed by atoms with van der Waals surface area (Å²) < 4.78 is 1.23. The van der Waals surface area contributed by atoms with Crippen LogP contribution in [0.5, 0.6) is 0 Å². The molecule has 0 spiro atoms. The first-order valence-electron chi connectivity index (χ1n) is 7.97. The molecular formula is C18H19N5O2. The number of amides is 1. The Balaban J connectivity index is 1.87. The van der Waals surface area contributed by atoms with Crippen molar-refractivity contribution in [2.24, 2.45) is 0 Å². The van der Waals surface area contributed by atoms with E-state index in [0.717, 1.165) is 16.8 Å². The van der Waals surface area contributed by atoms with Crippen LogP contribution in [0, 0.1) is 6.92 Å². The Labute approximate surface area is 144 Å². The topological polar surface area (TPSA) is 81.0 Å². The normalized spacial score (nSPS) is 12.1. The van der Waals surface area contributed by atoms with Gasteiger partial charge in [0.15, 0.2) is 0 Å². The zero-order valence-electron chi connectivity index (χ0n) is 14.4. The molecule has 0 unspecified atom stereocenters. The number of hydrogen-bond acceptors (Lipinski definition) is 5. The average molecular weight is 337 g/mol. The van der Waals surface area contributed by atoms with Crippen LogP contribution in [0.4, 0.5) is 0 Å². The molecule has 0 fully saturated rings. The second-order valence-electron chi connectivity index (χ2n) is 5.91. The first-order valence-corrected chi connectivity index (χ1v) is 7.97. The van der Waals surface area contributed by atoms with E-state index in [2.05, 4.69) is 15.1 Å². The number of aromatic nitrogens is 4. The predicted octanol–water partition coefficient (Wildman–Crippen LogP) is 1.71. The van der Waals surface area contributed by atoms with Crippen molar-refractivity contribution in [3.63, 3.8) is 0 Å². The van der Waals surface area contributed by atoms with Gasteiger partial charge in [0.1, 0.15) is 12.9 Å². The summed E-state index contributed by atoms with van der Waals surface area (Å²) in [4.78, 5) is 34.8. The number of carbonyl (C=O) groups is 1. The lowest BCUT2D eigenvalue weighted by atomic mass is 10.1. The van der Waals surface area contributed by atoms with Crippen molar-refractivity contribution in [2.45, 2.75) is 26.4 Å². The van der Waals surface area contributed by atoms with Gasteiger partial charge in [-0.15, -0.1) is 0 Å². The smallest absolute Gasteiger partial charge is 0.275 e. The summed E-state index contributed by atoms with van der Waals surface area (Å²) in [6, 6.07) is 8.81. The van der Waals surface area contributed by atoms with E-state index in [9.17, 15) is 9.59 Å². The molecule has 0 N–H and O–H groups in total. The van der Waals surface area contributed by atoms with Crippen LogP contribution in [0.3, 0.4) is 0 Å². The molecule has 0 radical (unpaired) electrons. The molecule has 7 nitrogen and oxygen atoms in total. The summed E-state index contributed by atoms with van der Waals surface area (Å²) in [5, 5.41) is 5.66. The highest BCUT2D eigenvalue weighted by Crippen LogP contribution is 2.16. The zero-order chi connectivity index (χ0) is 18.0. The Morgan fingerprint density at radius 1 is 1.24 bits per heavy atom. The average Bonchev–Trinajstić information content (AvgIpc) is 2.65. The van der Waals surface area contributed by atoms with Gasteiger partial charge >= 0.3 is 0 Å². The Bertz CT molecular complexity index is 968. The van der Waals surface area contributed by atoms with Crippen molar-refractivity contribution in [3.8, 4) is 0 Å². The van der Waals surface area contributed by atoms with Gasteiger partial charge in [0.2, 0.25) is 5.91 Å². The van der Waals surface area contributed by atoms with E-state index in [0.29, 0.717) is 5.39 Å². The second-order valence-corrected chi connectivity index (χ2v) is 5.91. The molecule has 7 heteroatoms. The van der Waals surface area contributed by atoms with Crippen molar-refractivity contribution in [3.05, 3.63) is 64.6 Å². The van der Waals surface area contributed by atoms with Crippen molar-refractivity contribution in [1.29, 1.82) is 0 Å². The van der Waals surface area contributed by atoms with Crippen LogP contribution in [0.25, 0.3) is 10.8 Å². The molecule has 3 aromatic rings. The minimum atomic E-state index is -0.266. The van der Waals surface area contributed by atoms with Crippen LogP contribution in [0.1, 0.15) is 24.4 Å². The van der Waals surface area contributed by atoms with Crippen LogP contribution >= 0.6 is 0 Å². The number of carbonyl (C=O) groups excluding carboxylic acids is 1. The molecule has 2 aromatic heterocycles. The first-order chi connectivity index (χ1) is 12.0. The summed E-state index contributed by atoms with van der Waals surface area (Å²) in [5.41, 5.74) is 1.19. The third kappa shape index (κ3) is 3.26. The minimum Gasteiger partial charge on any atom is -0.336 e. The summed E-state index contributed by atoms with van der Waals surface area (Å²) in [6.45, 7) is 3.59. The third-order valence-corrected chi connectivity index (χ3v) is 4.34. The van der Waals surface area contributed by atoms with Crippen molar-refractivity contribution < 1.29 is 4.79 Å². The molecule has 0 aliphatic rings. The SMILES string of the molecule is Cc1nn(CC(=O)N(C)[C@H](C)c2ccncn2)c(=O)c2ccccc12. The van der Waals surface area contributed by atoms with Gasteiger partial charge in [0.25, 0.3) is 5.56 Å². The summed E-state index contributed by atoms with van der Waals surface area (Å²) in [6.07, 6.45) is 3.08. The molecule has 3 rings (SSSR count). The van der Waals surface area contributed by atoms with Crippen LogP contribution in [-0.4, -0.2) is 37.6 Å². The number of likely N-dealkylation sites (N-methyl/N-ethyl adjacent to an activating group) is 1. The highest BCUT2D eigenvalue weighted by Gasteiger charge is 2.20. The Morgan fingerprint density at radius 2 is 1.96 bits per heavy atom. The van der Waals surface area contributed by atoms with Crippen molar-refractivity contribution in [2.75, 3.05) is 7.05 Å². The molecule has 1 amide bonds. The minimum absolute atomic E-state index is 0.115. The summed E-state index contributed by atoms with van der Waals surface area (Å²) in [5.74, 6) is -0.213. The van der Waals surface area contributed by atoms with Gasteiger partial charge in [0, 0.05) is 18.6 Å². The highest BCUT2D eigenvalue weighted by molar-refractivity contribution is 5.83.